The third kappa shape index (κ3) is 2.63. The molecule has 0 saturated carbocycles. The van der Waals surface area contributed by atoms with Gasteiger partial charge in [-0.05, 0) is 43.7 Å². The molecule has 0 spiro atoms. The molecular weight excluding hydrogens is 242 g/mol. The molecule has 0 bridgehead atoms. The first-order valence-electron chi connectivity index (χ1n) is 6.34. The summed E-state index contributed by atoms with van der Waals surface area (Å²) in [5.41, 5.74) is 1.71. The van der Waals surface area contributed by atoms with Gasteiger partial charge in [0.25, 0.3) is 0 Å². The van der Waals surface area contributed by atoms with Gasteiger partial charge in [0.05, 0.1) is 24.1 Å². The number of amides is 1. The fourth-order valence-electron chi connectivity index (χ4n) is 2.18. The predicted octanol–water partition coefficient (Wildman–Crippen LogP) is 0.958. The Morgan fingerprint density at radius 1 is 1.37 bits per heavy atom. The van der Waals surface area contributed by atoms with Gasteiger partial charge in [0, 0.05) is 5.69 Å². The Bertz CT molecular complexity index is 543. The van der Waals surface area contributed by atoms with E-state index >= 15 is 0 Å². The highest BCUT2D eigenvalue weighted by Gasteiger charge is 2.21. The summed E-state index contributed by atoms with van der Waals surface area (Å²) in [6.07, 6.45) is 5.36. The Hall–Kier alpha value is -2.21. The van der Waals surface area contributed by atoms with Crippen molar-refractivity contribution in [3.8, 4) is 5.69 Å². The second kappa shape index (κ2) is 5.19. The number of nitrogens with zero attached hydrogens (tertiary/aromatic N) is 3. The van der Waals surface area contributed by atoms with Crippen LogP contribution in [0, 0.1) is 0 Å². The summed E-state index contributed by atoms with van der Waals surface area (Å²) in [6.45, 7) is 0.920. The molecule has 1 amide bonds. The van der Waals surface area contributed by atoms with Crippen LogP contribution >= 0.6 is 0 Å². The molecule has 0 aliphatic carbocycles. The maximum Gasteiger partial charge on any atom is 0.241 e. The number of aromatic nitrogens is 3. The van der Waals surface area contributed by atoms with Crippen LogP contribution in [0.3, 0.4) is 0 Å². The molecule has 6 heteroatoms. The summed E-state index contributed by atoms with van der Waals surface area (Å²) in [4.78, 5) is 11.9. The number of benzene rings is 1. The largest absolute Gasteiger partial charge is 0.325 e. The smallest absolute Gasteiger partial charge is 0.241 e. The average Bonchev–Trinajstić information content (AvgIpc) is 3.13. The molecule has 1 saturated heterocycles. The monoisotopic (exact) mass is 257 g/mol. The number of hydrogen-bond donors (Lipinski definition) is 2. The van der Waals surface area contributed by atoms with Crippen LogP contribution in [0.5, 0.6) is 0 Å². The van der Waals surface area contributed by atoms with Gasteiger partial charge in [0.1, 0.15) is 0 Å². The molecule has 2 heterocycles. The number of rotatable bonds is 3. The Kier molecular flexibility index (Phi) is 3.24. The second-order valence-electron chi connectivity index (χ2n) is 4.53. The van der Waals surface area contributed by atoms with Gasteiger partial charge in [0.15, 0.2) is 0 Å². The minimum atomic E-state index is -0.0602. The average molecular weight is 257 g/mol. The number of carbonyl (C=O) groups is 1. The van der Waals surface area contributed by atoms with Gasteiger partial charge in [-0.15, -0.1) is 5.10 Å². The third-order valence-electron chi connectivity index (χ3n) is 3.20. The lowest BCUT2D eigenvalue weighted by Crippen LogP contribution is -2.35. The lowest BCUT2D eigenvalue weighted by molar-refractivity contribution is -0.117. The zero-order chi connectivity index (χ0) is 13.1. The molecule has 1 atom stereocenters. The van der Waals surface area contributed by atoms with Crippen LogP contribution in [0.1, 0.15) is 12.8 Å². The van der Waals surface area contributed by atoms with Crippen molar-refractivity contribution < 1.29 is 4.79 Å². The lowest BCUT2D eigenvalue weighted by atomic mass is 10.2. The standard InChI is InChI=1S/C13H15N5O/c19-13(12-2-1-7-14-12)16-10-3-5-11(6-4-10)18-9-8-15-17-18/h3-6,8-9,12,14H,1-2,7H2,(H,16,19). The summed E-state index contributed by atoms with van der Waals surface area (Å²) >= 11 is 0. The fourth-order valence-corrected chi connectivity index (χ4v) is 2.18. The highest BCUT2D eigenvalue weighted by atomic mass is 16.2. The third-order valence-corrected chi connectivity index (χ3v) is 3.20. The van der Waals surface area contributed by atoms with E-state index in [0.717, 1.165) is 30.8 Å². The summed E-state index contributed by atoms with van der Waals surface area (Å²) in [7, 11) is 0. The molecule has 1 aliphatic heterocycles. The molecule has 98 valence electrons. The van der Waals surface area contributed by atoms with Crippen LogP contribution in [0.2, 0.25) is 0 Å². The van der Waals surface area contributed by atoms with Crippen LogP contribution < -0.4 is 10.6 Å². The molecule has 3 rings (SSSR count). The van der Waals surface area contributed by atoms with Crippen molar-refractivity contribution in [1.82, 2.24) is 20.3 Å². The van der Waals surface area contributed by atoms with Crippen LogP contribution in [-0.4, -0.2) is 33.5 Å². The van der Waals surface area contributed by atoms with Gasteiger partial charge in [-0.3, -0.25) is 4.79 Å². The van der Waals surface area contributed by atoms with E-state index in [1.54, 1.807) is 17.1 Å². The van der Waals surface area contributed by atoms with Crippen molar-refractivity contribution in [1.29, 1.82) is 0 Å². The van der Waals surface area contributed by atoms with Gasteiger partial charge in [0.2, 0.25) is 5.91 Å². The van der Waals surface area contributed by atoms with Gasteiger partial charge in [-0.2, -0.15) is 0 Å². The van der Waals surface area contributed by atoms with E-state index in [2.05, 4.69) is 20.9 Å². The topological polar surface area (TPSA) is 71.8 Å². The van der Waals surface area contributed by atoms with Crippen LogP contribution in [0.25, 0.3) is 5.69 Å². The zero-order valence-electron chi connectivity index (χ0n) is 10.4. The number of carbonyl (C=O) groups excluding carboxylic acids is 1. The minimum absolute atomic E-state index is 0.0333. The highest BCUT2D eigenvalue weighted by Crippen LogP contribution is 2.14. The van der Waals surface area contributed by atoms with Gasteiger partial charge >= 0.3 is 0 Å². The van der Waals surface area contributed by atoms with E-state index in [1.165, 1.54) is 0 Å². The molecular formula is C13H15N5O. The van der Waals surface area contributed by atoms with Crippen molar-refractivity contribution >= 4 is 11.6 Å². The summed E-state index contributed by atoms with van der Waals surface area (Å²) in [5.74, 6) is 0.0333. The summed E-state index contributed by atoms with van der Waals surface area (Å²) in [5, 5.41) is 13.8. The Morgan fingerprint density at radius 3 is 2.84 bits per heavy atom. The minimum Gasteiger partial charge on any atom is -0.325 e. The SMILES string of the molecule is O=C(Nc1ccc(-n2ccnn2)cc1)C1CCCN1. The highest BCUT2D eigenvalue weighted by molar-refractivity contribution is 5.95. The second-order valence-corrected chi connectivity index (χ2v) is 4.53. The first kappa shape index (κ1) is 11.9. The first-order chi connectivity index (χ1) is 9.33. The summed E-state index contributed by atoms with van der Waals surface area (Å²) < 4.78 is 1.67. The maximum atomic E-state index is 11.9. The number of hydrogen-bond acceptors (Lipinski definition) is 4. The molecule has 1 aromatic carbocycles. The molecule has 6 nitrogen and oxygen atoms in total. The number of anilines is 1. The zero-order valence-corrected chi connectivity index (χ0v) is 10.4. The van der Waals surface area contributed by atoms with Gasteiger partial charge in [-0.25, -0.2) is 4.68 Å². The lowest BCUT2D eigenvalue weighted by Gasteiger charge is -2.11. The quantitative estimate of drug-likeness (QED) is 0.859. The maximum absolute atomic E-state index is 11.9. The Balaban J connectivity index is 1.67. The molecule has 2 aromatic rings. The van der Waals surface area contributed by atoms with E-state index in [4.69, 9.17) is 0 Å². The van der Waals surface area contributed by atoms with E-state index in [0.29, 0.717) is 0 Å². The fraction of sp³-hybridized carbons (Fsp3) is 0.308. The Labute approximate surface area is 110 Å². The molecule has 1 unspecified atom stereocenters. The van der Waals surface area contributed by atoms with E-state index in [-0.39, 0.29) is 11.9 Å². The van der Waals surface area contributed by atoms with Crippen LogP contribution in [0.15, 0.2) is 36.7 Å². The van der Waals surface area contributed by atoms with E-state index in [1.807, 2.05) is 24.3 Å². The first-order valence-corrected chi connectivity index (χ1v) is 6.34. The van der Waals surface area contributed by atoms with Crippen LogP contribution in [0.4, 0.5) is 5.69 Å². The van der Waals surface area contributed by atoms with Crippen LogP contribution in [-0.2, 0) is 4.79 Å². The molecule has 1 fully saturated rings. The van der Waals surface area contributed by atoms with Crippen molar-refractivity contribution in [2.24, 2.45) is 0 Å². The van der Waals surface area contributed by atoms with Gasteiger partial charge in [-0.1, -0.05) is 5.21 Å². The normalized spacial score (nSPS) is 18.4. The molecule has 1 aromatic heterocycles. The Morgan fingerprint density at radius 2 is 2.21 bits per heavy atom. The predicted molar refractivity (Wildman–Crippen MR) is 71.0 cm³/mol. The molecule has 2 N–H and O–H groups in total. The molecule has 1 aliphatic rings. The van der Waals surface area contributed by atoms with Crippen molar-refractivity contribution in [3.63, 3.8) is 0 Å². The van der Waals surface area contributed by atoms with Crippen molar-refractivity contribution in [2.45, 2.75) is 18.9 Å². The van der Waals surface area contributed by atoms with Gasteiger partial charge < -0.3 is 10.6 Å². The number of nitrogens with one attached hydrogen (secondary N) is 2. The van der Waals surface area contributed by atoms with E-state index in [9.17, 15) is 4.79 Å². The van der Waals surface area contributed by atoms with E-state index < -0.39 is 0 Å². The van der Waals surface area contributed by atoms with Crippen molar-refractivity contribution in [3.05, 3.63) is 36.7 Å². The van der Waals surface area contributed by atoms with Crippen molar-refractivity contribution in [2.75, 3.05) is 11.9 Å². The molecule has 19 heavy (non-hydrogen) atoms. The summed E-state index contributed by atoms with van der Waals surface area (Å²) in [6, 6.07) is 7.46. The molecule has 0 radical (unpaired) electrons.